The van der Waals surface area contributed by atoms with Gasteiger partial charge in [0.25, 0.3) is 0 Å². The molecule has 0 heterocycles. The molecule has 0 aliphatic carbocycles. The number of aliphatic hydroxyl groups excluding tert-OH is 3. The third-order valence-electron chi connectivity index (χ3n) is 16.3. The smallest absolute Gasteiger partial charge is 0.305 e. The van der Waals surface area contributed by atoms with Crippen LogP contribution in [0.1, 0.15) is 380 Å². The molecule has 1 amide bonds. The molecule has 3 atom stereocenters. The fourth-order valence-corrected chi connectivity index (χ4v) is 11.0. The first-order valence-corrected chi connectivity index (χ1v) is 34.7. The van der Waals surface area contributed by atoms with Gasteiger partial charge in [-0.1, -0.05) is 334 Å². The van der Waals surface area contributed by atoms with Gasteiger partial charge in [0.2, 0.25) is 5.91 Å². The summed E-state index contributed by atoms with van der Waals surface area (Å²) < 4.78 is 5.48. The van der Waals surface area contributed by atoms with Crippen LogP contribution < -0.4 is 5.32 Å². The maximum atomic E-state index is 12.5. The second-order valence-electron chi connectivity index (χ2n) is 24.0. The summed E-state index contributed by atoms with van der Waals surface area (Å²) in [5.41, 5.74) is 0. The Morgan fingerprint density at radius 3 is 1.05 bits per heavy atom. The van der Waals surface area contributed by atoms with Crippen molar-refractivity contribution >= 4 is 11.9 Å². The van der Waals surface area contributed by atoms with Gasteiger partial charge in [0, 0.05) is 12.8 Å². The minimum atomic E-state index is -1.14. The molecule has 0 aliphatic heterocycles. The van der Waals surface area contributed by atoms with E-state index in [1.165, 1.54) is 283 Å². The largest absolute Gasteiger partial charge is 0.466 e. The molecule has 0 aromatic carbocycles. The van der Waals surface area contributed by atoms with Crippen molar-refractivity contribution in [1.29, 1.82) is 0 Å². The third-order valence-corrected chi connectivity index (χ3v) is 16.3. The maximum Gasteiger partial charge on any atom is 0.305 e. The monoisotopic (exact) mass is 1090 g/mol. The Morgan fingerprint density at radius 1 is 0.377 bits per heavy atom. The highest BCUT2D eigenvalue weighted by atomic mass is 16.5. The van der Waals surface area contributed by atoms with Gasteiger partial charge >= 0.3 is 5.97 Å². The summed E-state index contributed by atoms with van der Waals surface area (Å²) in [6, 6.07) is -0.812. The summed E-state index contributed by atoms with van der Waals surface area (Å²) >= 11 is 0. The number of rotatable bonds is 65. The molecular weight excluding hydrogens is 951 g/mol. The number of esters is 1. The molecule has 7 nitrogen and oxygen atoms in total. The van der Waals surface area contributed by atoms with Crippen LogP contribution in [0.4, 0.5) is 0 Å². The van der Waals surface area contributed by atoms with Crippen LogP contribution in [-0.2, 0) is 14.3 Å². The third kappa shape index (κ3) is 60.2. The van der Waals surface area contributed by atoms with Crippen molar-refractivity contribution in [3.8, 4) is 0 Å². The molecule has 0 fully saturated rings. The van der Waals surface area contributed by atoms with Gasteiger partial charge in [0.05, 0.1) is 25.4 Å². The predicted molar refractivity (Wildman–Crippen MR) is 335 cm³/mol. The minimum Gasteiger partial charge on any atom is -0.466 e. The van der Waals surface area contributed by atoms with Gasteiger partial charge in [-0.3, -0.25) is 9.59 Å². The molecular formula is C70H135NO6. The highest BCUT2D eigenvalue weighted by Crippen LogP contribution is 2.19. The molecule has 456 valence electrons. The van der Waals surface area contributed by atoms with Gasteiger partial charge in [-0.2, -0.15) is 0 Å². The van der Waals surface area contributed by atoms with Crippen molar-refractivity contribution in [2.24, 2.45) is 0 Å². The van der Waals surface area contributed by atoms with Crippen LogP contribution in [-0.4, -0.2) is 58.7 Å². The quantitative estimate of drug-likeness (QED) is 0.0274. The molecule has 0 rings (SSSR count). The summed E-state index contributed by atoms with van der Waals surface area (Å²) in [5.74, 6) is -0.141. The zero-order chi connectivity index (χ0) is 55.8. The van der Waals surface area contributed by atoms with E-state index >= 15 is 0 Å². The van der Waals surface area contributed by atoms with Crippen LogP contribution in [0.25, 0.3) is 0 Å². The van der Waals surface area contributed by atoms with Crippen molar-refractivity contribution < 1.29 is 29.6 Å². The first kappa shape index (κ1) is 75.3. The van der Waals surface area contributed by atoms with Gasteiger partial charge in [0.15, 0.2) is 0 Å². The number of allylic oxidation sites excluding steroid dienone is 4. The Hall–Kier alpha value is -1.70. The second kappa shape index (κ2) is 65.1. The highest BCUT2D eigenvalue weighted by Gasteiger charge is 2.27. The Morgan fingerprint density at radius 2 is 0.675 bits per heavy atom. The van der Waals surface area contributed by atoms with E-state index in [1.807, 2.05) is 0 Å². The molecule has 0 spiro atoms. The number of unbranched alkanes of at least 4 members (excludes halogenated alkanes) is 49. The van der Waals surface area contributed by atoms with Crippen LogP contribution in [0.2, 0.25) is 0 Å². The van der Waals surface area contributed by atoms with Gasteiger partial charge in [-0.25, -0.2) is 0 Å². The summed E-state index contributed by atoms with van der Waals surface area (Å²) in [4.78, 5) is 24.6. The van der Waals surface area contributed by atoms with E-state index in [-0.39, 0.29) is 18.5 Å². The van der Waals surface area contributed by atoms with E-state index in [4.69, 9.17) is 4.74 Å². The zero-order valence-corrected chi connectivity index (χ0v) is 51.8. The normalized spacial score (nSPS) is 13.1. The molecule has 77 heavy (non-hydrogen) atoms. The SMILES string of the molecule is CCCCC/C=C\C/C=C\CCCCCCCC(=O)OCCCCCCCCCCCCCCCCCCCCCCCCCCCCCC(=O)N[C@@H](CO)[C@H](O)[C@H](O)CCCCCCCCCCCCCCCCCC. The Labute approximate surface area is 480 Å². The van der Waals surface area contributed by atoms with E-state index in [1.54, 1.807) is 0 Å². The standard InChI is InChI=1S/C70H135NO6/c1-3-5-7-9-11-13-15-17-19-34-37-41-45-49-53-57-61-67(73)70(76)66(65-72)71-68(74)62-58-54-50-46-42-38-35-31-29-27-25-23-21-20-22-24-26-28-30-32-36-40-44-48-52-56-60-64-77-69(75)63-59-55-51-47-43-39-33-18-16-14-12-10-8-6-4-2/h12,14,18,33,66-67,70,72-73,76H,3-11,13,15-17,19-32,34-65H2,1-2H3,(H,71,74)/b14-12-,33-18-/t66-,67+,70-/m0/s1. The number of ether oxygens (including phenoxy) is 1. The van der Waals surface area contributed by atoms with Crippen LogP contribution in [0.5, 0.6) is 0 Å². The van der Waals surface area contributed by atoms with E-state index < -0.39 is 18.2 Å². The van der Waals surface area contributed by atoms with Crippen molar-refractivity contribution in [2.75, 3.05) is 13.2 Å². The molecule has 0 radical (unpaired) electrons. The summed E-state index contributed by atoms with van der Waals surface area (Å²) in [5, 5.41) is 33.8. The lowest BCUT2D eigenvalue weighted by molar-refractivity contribution is -0.143. The number of aliphatic hydroxyl groups is 3. The summed E-state index contributed by atoms with van der Waals surface area (Å²) in [6.07, 6.45) is 78.1. The van der Waals surface area contributed by atoms with Gasteiger partial charge in [0.1, 0.15) is 6.10 Å². The number of amides is 1. The molecule has 7 heteroatoms. The molecule has 0 bridgehead atoms. The number of hydrogen-bond acceptors (Lipinski definition) is 6. The maximum absolute atomic E-state index is 12.5. The van der Waals surface area contributed by atoms with Crippen molar-refractivity contribution in [1.82, 2.24) is 5.32 Å². The van der Waals surface area contributed by atoms with E-state index in [0.29, 0.717) is 25.9 Å². The average molecular weight is 1090 g/mol. The lowest BCUT2D eigenvalue weighted by Crippen LogP contribution is -2.50. The van der Waals surface area contributed by atoms with Gasteiger partial charge in [-0.05, 0) is 57.8 Å². The number of carbonyl (C=O) groups is 2. The van der Waals surface area contributed by atoms with E-state index in [2.05, 4.69) is 43.5 Å². The zero-order valence-electron chi connectivity index (χ0n) is 51.8. The molecule has 4 N–H and O–H groups in total. The molecule has 0 saturated carbocycles. The number of hydrogen-bond donors (Lipinski definition) is 4. The van der Waals surface area contributed by atoms with Crippen LogP contribution in [0.3, 0.4) is 0 Å². The number of carbonyl (C=O) groups excluding carboxylic acids is 2. The summed E-state index contributed by atoms with van der Waals surface area (Å²) in [7, 11) is 0. The van der Waals surface area contributed by atoms with E-state index in [9.17, 15) is 24.9 Å². The molecule has 0 aromatic heterocycles. The molecule has 0 unspecified atom stereocenters. The Balaban J connectivity index is 3.40. The minimum absolute atomic E-state index is 0.00164. The van der Waals surface area contributed by atoms with Crippen LogP contribution in [0.15, 0.2) is 24.3 Å². The topological polar surface area (TPSA) is 116 Å². The van der Waals surface area contributed by atoms with Gasteiger partial charge < -0.3 is 25.4 Å². The predicted octanol–water partition coefficient (Wildman–Crippen LogP) is 21.1. The van der Waals surface area contributed by atoms with Crippen molar-refractivity contribution in [3.05, 3.63) is 24.3 Å². The molecule has 0 aliphatic rings. The van der Waals surface area contributed by atoms with Crippen LogP contribution >= 0.6 is 0 Å². The lowest BCUT2D eigenvalue weighted by atomic mass is 9.99. The Bertz CT molecular complexity index is 1220. The lowest BCUT2D eigenvalue weighted by Gasteiger charge is -2.26. The van der Waals surface area contributed by atoms with Gasteiger partial charge in [-0.15, -0.1) is 0 Å². The molecule has 0 saturated heterocycles. The highest BCUT2D eigenvalue weighted by molar-refractivity contribution is 5.76. The van der Waals surface area contributed by atoms with Crippen molar-refractivity contribution in [2.45, 2.75) is 398 Å². The van der Waals surface area contributed by atoms with Crippen LogP contribution in [0, 0.1) is 0 Å². The first-order valence-electron chi connectivity index (χ1n) is 34.7. The fourth-order valence-electron chi connectivity index (χ4n) is 11.0. The second-order valence-corrected chi connectivity index (χ2v) is 24.0. The Kier molecular flexibility index (Phi) is 63.7. The average Bonchev–Trinajstić information content (AvgIpc) is 3.43. The number of nitrogens with one attached hydrogen (secondary N) is 1. The first-order chi connectivity index (χ1) is 38.0. The fraction of sp³-hybridized carbons (Fsp3) is 0.914. The van der Waals surface area contributed by atoms with Crippen molar-refractivity contribution in [3.63, 3.8) is 0 Å². The molecule has 0 aromatic rings. The van der Waals surface area contributed by atoms with E-state index in [0.717, 1.165) is 64.2 Å². The summed E-state index contributed by atoms with van der Waals surface area (Å²) in [6.45, 7) is 4.77.